The molecule has 0 spiro atoms. The number of rotatable bonds is 4. The largest absolute Gasteiger partial charge is 0.430 e. The molecule has 0 aliphatic heterocycles. The summed E-state index contributed by atoms with van der Waals surface area (Å²) in [4.78, 5) is 35.8. The van der Waals surface area contributed by atoms with Crippen molar-refractivity contribution in [2.45, 2.75) is 0 Å². The van der Waals surface area contributed by atoms with E-state index in [1.165, 1.54) is 0 Å². The van der Waals surface area contributed by atoms with Gasteiger partial charge in [-0.05, 0) is 24.3 Å². The van der Waals surface area contributed by atoms with Crippen LogP contribution in [0.15, 0.2) is 82.2 Å². The molecule has 0 N–H and O–H groups in total. The topological polar surface area (TPSA) is 82.8 Å². The van der Waals surface area contributed by atoms with Gasteiger partial charge in [-0.15, -0.1) is 0 Å². The number of hydrogen-bond donors (Lipinski definition) is 0. The second-order valence-electron chi connectivity index (χ2n) is 4.94. The lowest BCUT2D eigenvalue weighted by Crippen LogP contribution is -2.15. The zero-order chi connectivity index (χ0) is 17.6. The maximum atomic E-state index is 12.0. The minimum atomic E-state index is -0.693. The van der Waals surface area contributed by atoms with Crippen molar-refractivity contribution in [3.63, 3.8) is 0 Å². The van der Waals surface area contributed by atoms with Gasteiger partial charge >= 0.3 is 11.9 Å². The number of carbonyl (C=O) groups is 2. The normalized spacial score (nSPS) is 10.1. The molecule has 0 atom stereocenters. The van der Waals surface area contributed by atoms with E-state index in [1.807, 2.05) is 0 Å². The fourth-order valence-corrected chi connectivity index (χ4v) is 1.97. The van der Waals surface area contributed by atoms with E-state index in [9.17, 15) is 14.4 Å². The predicted octanol–water partition coefficient (Wildman–Crippen LogP) is 3.08. The Morgan fingerprint density at radius 1 is 0.760 bits per heavy atom. The van der Waals surface area contributed by atoms with Gasteiger partial charge in [0.05, 0.1) is 17.2 Å². The van der Waals surface area contributed by atoms with Crippen molar-refractivity contribution in [1.29, 1.82) is 0 Å². The third-order valence-electron chi connectivity index (χ3n) is 3.19. The van der Waals surface area contributed by atoms with E-state index in [2.05, 4.69) is 0 Å². The van der Waals surface area contributed by atoms with Crippen molar-refractivity contribution >= 4 is 11.9 Å². The SMILES string of the molecule is O=C(Oc1cc(=O)c(OC(=O)c2ccccc2)co1)c1ccccc1. The number of ether oxygens (including phenoxy) is 2. The van der Waals surface area contributed by atoms with E-state index in [1.54, 1.807) is 60.7 Å². The third-order valence-corrected chi connectivity index (χ3v) is 3.19. The Hall–Kier alpha value is -3.67. The minimum Gasteiger partial charge on any atom is -0.430 e. The van der Waals surface area contributed by atoms with Crippen LogP contribution in [0.3, 0.4) is 0 Å². The molecule has 1 heterocycles. The van der Waals surface area contributed by atoms with E-state index in [0.717, 1.165) is 12.3 Å². The van der Waals surface area contributed by atoms with Gasteiger partial charge in [-0.2, -0.15) is 0 Å². The summed E-state index contributed by atoms with van der Waals surface area (Å²) in [5.41, 5.74) is -0.0439. The zero-order valence-corrected chi connectivity index (χ0v) is 12.9. The Labute approximate surface area is 142 Å². The Balaban J connectivity index is 1.72. The highest BCUT2D eigenvalue weighted by molar-refractivity contribution is 5.91. The fraction of sp³-hybridized carbons (Fsp3) is 0. The van der Waals surface area contributed by atoms with Crippen molar-refractivity contribution < 1.29 is 23.5 Å². The van der Waals surface area contributed by atoms with Crippen LogP contribution in [0.5, 0.6) is 11.7 Å². The van der Waals surface area contributed by atoms with Gasteiger partial charge in [-0.3, -0.25) is 4.79 Å². The first-order valence-electron chi connectivity index (χ1n) is 7.31. The maximum absolute atomic E-state index is 12.0. The van der Waals surface area contributed by atoms with Crippen molar-refractivity contribution in [2.24, 2.45) is 0 Å². The second kappa shape index (κ2) is 7.27. The molecule has 0 bridgehead atoms. The Bertz CT molecular complexity index is 944. The molecule has 6 heteroatoms. The van der Waals surface area contributed by atoms with E-state index in [4.69, 9.17) is 13.9 Å². The standard InChI is InChI=1S/C19H12O6/c20-15-11-17(25-19(22)14-9-5-2-6-10-14)23-12-16(15)24-18(21)13-7-3-1-4-8-13/h1-12H. The van der Waals surface area contributed by atoms with Gasteiger partial charge in [-0.1, -0.05) is 36.4 Å². The molecule has 3 aromatic rings. The summed E-state index contributed by atoms with van der Waals surface area (Å²) in [6, 6.07) is 17.4. The molecule has 0 amide bonds. The molecular formula is C19H12O6. The molecule has 0 unspecified atom stereocenters. The van der Waals surface area contributed by atoms with Crippen molar-refractivity contribution in [3.8, 4) is 11.7 Å². The first kappa shape index (κ1) is 16.2. The monoisotopic (exact) mass is 336 g/mol. The molecule has 6 nitrogen and oxygen atoms in total. The molecule has 0 saturated carbocycles. The molecule has 3 rings (SSSR count). The van der Waals surface area contributed by atoms with E-state index >= 15 is 0 Å². The first-order valence-corrected chi connectivity index (χ1v) is 7.31. The number of carbonyl (C=O) groups excluding carboxylic acids is 2. The summed E-state index contributed by atoms with van der Waals surface area (Å²) in [6.07, 6.45) is 0.927. The summed E-state index contributed by atoms with van der Waals surface area (Å²) >= 11 is 0. The van der Waals surface area contributed by atoms with Crippen LogP contribution in [0, 0.1) is 0 Å². The van der Waals surface area contributed by atoms with Gasteiger partial charge in [0.15, 0.2) is 0 Å². The fourth-order valence-electron chi connectivity index (χ4n) is 1.97. The first-order chi connectivity index (χ1) is 12.1. The van der Waals surface area contributed by atoms with Crippen LogP contribution in [0.1, 0.15) is 20.7 Å². The number of hydrogen-bond acceptors (Lipinski definition) is 6. The lowest BCUT2D eigenvalue weighted by Gasteiger charge is -2.05. The Morgan fingerprint density at radius 2 is 1.28 bits per heavy atom. The van der Waals surface area contributed by atoms with Gasteiger partial charge < -0.3 is 13.9 Å². The maximum Gasteiger partial charge on any atom is 0.345 e. The molecule has 0 saturated heterocycles. The Morgan fingerprint density at radius 3 is 1.80 bits per heavy atom. The van der Waals surface area contributed by atoms with Gasteiger partial charge in [0.2, 0.25) is 11.2 Å². The molecule has 0 fully saturated rings. The van der Waals surface area contributed by atoms with Crippen LogP contribution >= 0.6 is 0 Å². The summed E-state index contributed by atoms with van der Waals surface area (Å²) in [5.74, 6) is -1.95. The molecule has 0 radical (unpaired) electrons. The molecule has 124 valence electrons. The van der Waals surface area contributed by atoms with Crippen LogP contribution < -0.4 is 14.9 Å². The lowest BCUT2D eigenvalue weighted by molar-refractivity contribution is 0.0673. The highest BCUT2D eigenvalue weighted by Crippen LogP contribution is 2.15. The third kappa shape index (κ3) is 4.00. The predicted molar refractivity (Wildman–Crippen MR) is 87.8 cm³/mol. The van der Waals surface area contributed by atoms with Crippen LogP contribution in [-0.4, -0.2) is 11.9 Å². The lowest BCUT2D eigenvalue weighted by atomic mass is 10.2. The number of esters is 2. The molecule has 25 heavy (non-hydrogen) atoms. The van der Waals surface area contributed by atoms with Gasteiger partial charge in [0, 0.05) is 0 Å². The van der Waals surface area contributed by atoms with Crippen LogP contribution in [0.25, 0.3) is 0 Å². The summed E-state index contributed by atoms with van der Waals surface area (Å²) in [5, 5.41) is 0. The van der Waals surface area contributed by atoms with Crippen LogP contribution in [0.4, 0.5) is 0 Å². The number of benzene rings is 2. The summed E-state index contributed by atoms with van der Waals surface area (Å²) < 4.78 is 15.0. The average Bonchev–Trinajstić information content (AvgIpc) is 2.65. The van der Waals surface area contributed by atoms with Gasteiger partial charge in [0.1, 0.15) is 6.26 Å². The molecule has 0 aliphatic carbocycles. The van der Waals surface area contributed by atoms with Gasteiger partial charge in [0.25, 0.3) is 5.95 Å². The summed E-state index contributed by atoms with van der Waals surface area (Å²) in [6.45, 7) is 0. The van der Waals surface area contributed by atoms with E-state index in [-0.39, 0.29) is 11.7 Å². The van der Waals surface area contributed by atoms with Crippen LogP contribution in [-0.2, 0) is 0 Å². The molecule has 2 aromatic carbocycles. The highest BCUT2D eigenvalue weighted by atomic mass is 16.6. The molecular weight excluding hydrogens is 324 g/mol. The highest BCUT2D eigenvalue weighted by Gasteiger charge is 2.14. The minimum absolute atomic E-state index is 0.293. The molecule has 1 aromatic heterocycles. The summed E-state index contributed by atoms with van der Waals surface area (Å²) in [7, 11) is 0. The van der Waals surface area contributed by atoms with E-state index < -0.39 is 17.4 Å². The molecule has 0 aliphatic rings. The van der Waals surface area contributed by atoms with Crippen molar-refractivity contribution in [2.75, 3.05) is 0 Å². The second-order valence-corrected chi connectivity index (χ2v) is 4.94. The average molecular weight is 336 g/mol. The Kier molecular flexibility index (Phi) is 4.71. The van der Waals surface area contributed by atoms with E-state index in [0.29, 0.717) is 11.1 Å². The zero-order valence-electron chi connectivity index (χ0n) is 12.9. The van der Waals surface area contributed by atoms with Crippen molar-refractivity contribution in [1.82, 2.24) is 0 Å². The smallest absolute Gasteiger partial charge is 0.345 e. The van der Waals surface area contributed by atoms with Crippen molar-refractivity contribution in [3.05, 3.63) is 94.3 Å². The van der Waals surface area contributed by atoms with Crippen LogP contribution in [0.2, 0.25) is 0 Å². The van der Waals surface area contributed by atoms with Gasteiger partial charge in [-0.25, -0.2) is 9.59 Å². The quantitative estimate of drug-likeness (QED) is 0.681.